The number of aromatic nitrogens is 1. The predicted molar refractivity (Wildman–Crippen MR) is 121 cm³/mol. The van der Waals surface area contributed by atoms with Crippen LogP contribution in [0.15, 0.2) is 30.3 Å². The summed E-state index contributed by atoms with van der Waals surface area (Å²) in [4.78, 5) is 27.5. The number of aliphatic hydroxyl groups is 5. The molecule has 0 radical (unpaired) electrons. The predicted octanol–water partition coefficient (Wildman–Crippen LogP) is -1.33. The third-order valence-electron chi connectivity index (χ3n) is 6.15. The number of benzene rings is 1. The quantitative estimate of drug-likeness (QED) is 0.107. The molecule has 1 fully saturated rings. The maximum absolute atomic E-state index is 12.4. The van der Waals surface area contributed by atoms with Gasteiger partial charge in [-0.25, -0.2) is 4.79 Å². The number of aliphatic carboxylic acids is 1. The number of halogens is 1. The van der Waals surface area contributed by atoms with E-state index in [2.05, 4.69) is 26.2 Å². The Morgan fingerprint density at radius 2 is 1.94 bits per heavy atom. The number of hydrogen-bond donors (Lipinski definition) is 8. The third-order valence-corrected chi connectivity index (χ3v) is 7.34. The highest BCUT2D eigenvalue weighted by Crippen LogP contribution is 2.56. The fourth-order valence-corrected chi connectivity index (χ4v) is 5.53. The number of carbonyl (C=O) groups is 2. The van der Waals surface area contributed by atoms with Crippen LogP contribution < -0.4 is 5.32 Å². The molecule has 3 rings (SSSR count). The first-order chi connectivity index (χ1) is 16.2. The normalized spacial score (nSPS) is 33.7. The SMILES string of the molecule is CO[C@@](O)([C@H](O)CO)[C@@H]1OC(O)(C(=O)O)C(c2cc3ccccc3[nH]2)[C@@](O)(OC)[C@@]1(Br)NC(C)=O. The molecule has 1 aliphatic rings. The lowest BCUT2D eigenvalue weighted by Crippen LogP contribution is -2.83. The van der Waals surface area contributed by atoms with Gasteiger partial charge in [0.1, 0.15) is 12.0 Å². The van der Waals surface area contributed by atoms with Gasteiger partial charge in [0, 0.05) is 32.4 Å². The van der Waals surface area contributed by atoms with Gasteiger partial charge < -0.3 is 55.2 Å². The number of alkyl halides is 1. The van der Waals surface area contributed by atoms with Crippen LogP contribution in [0.5, 0.6) is 0 Å². The molecule has 1 saturated heterocycles. The molecular weight excluding hydrogens is 536 g/mol. The smallest absolute Gasteiger partial charge is 0.365 e. The summed E-state index contributed by atoms with van der Waals surface area (Å²) < 4.78 is 13.3. The van der Waals surface area contributed by atoms with Crippen LogP contribution in [0.4, 0.5) is 0 Å². The molecule has 35 heavy (non-hydrogen) atoms. The number of hydrogen-bond acceptors (Lipinski definition) is 10. The van der Waals surface area contributed by atoms with Crippen molar-refractivity contribution < 1.29 is 54.4 Å². The highest BCUT2D eigenvalue weighted by molar-refractivity contribution is 9.10. The summed E-state index contributed by atoms with van der Waals surface area (Å²) in [7, 11) is 1.85. The van der Waals surface area contributed by atoms with Gasteiger partial charge in [-0.1, -0.05) is 34.1 Å². The van der Waals surface area contributed by atoms with Gasteiger partial charge in [-0.3, -0.25) is 4.79 Å². The molecule has 194 valence electrons. The van der Waals surface area contributed by atoms with Gasteiger partial charge in [0.2, 0.25) is 17.5 Å². The number of aromatic amines is 1. The molecule has 8 N–H and O–H groups in total. The molecule has 1 amide bonds. The summed E-state index contributed by atoms with van der Waals surface area (Å²) >= 11 is 3.12. The van der Waals surface area contributed by atoms with Crippen LogP contribution in [-0.2, 0) is 23.8 Å². The van der Waals surface area contributed by atoms with E-state index in [1.165, 1.54) is 6.07 Å². The highest BCUT2D eigenvalue weighted by atomic mass is 79.9. The van der Waals surface area contributed by atoms with Crippen molar-refractivity contribution in [3.8, 4) is 0 Å². The molecule has 2 heterocycles. The Morgan fingerprint density at radius 3 is 2.43 bits per heavy atom. The van der Waals surface area contributed by atoms with Crippen molar-refractivity contribution in [2.75, 3.05) is 20.8 Å². The zero-order chi connectivity index (χ0) is 26.4. The van der Waals surface area contributed by atoms with E-state index in [0.717, 1.165) is 21.1 Å². The molecule has 0 aliphatic carbocycles. The topological polar surface area (TPSA) is 211 Å². The summed E-state index contributed by atoms with van der Waals surface area (Å²) in [5.41, 5.74) is 0.441. The second-order valence-corrected chi connectivity index (χ2v) is 9.44. The van der Waals surface area contributed by atoms with Crippen molar-refractivity contribution >= 4 is 38.7 Å². The molecule has 2 aromatic rings. The fourth-order valence-electron chi connectivity index (χ4n) is 4.43. The number of carboxylic acids is 1. The second kappa shape index (κ2) is 9.38. The van der Waals surface area contributed by atoms with E-state index >= 15 is 0 Å². The number of aliphatic hydroxyl groups excluding tert-OH is 2. The monoisotopic (exact) mass is 562 g/mol. The number of para-hydroxylation sites is 1. The lowest BCUT2D eigenvalue weighted by atomic mass is 9.74. The lowest BCUT2D eigenvalue weighted by Gasteiger charge is -2.59. The summed E-state index contributed by atoms with van der Waals surface area (Å²) in [6, 6.07) is 8.19. The second-order valence-electron chi connectivity index (χ2n) is 8.19. The van der Waals surface area contributed by atoms with Gasteiger partial charge in [0.25, 0.3) is 5.79 Å². The van der Waals surface area contributed by atoms with E-state index in [1.807, 2.05) is 0 Å². The largest absolute Gasteiger partial charge is 0.477 e. The molecule has 0 bridgehead atoms. The number of nitrogens with one attached hydrogen (secondary N) is 2. The summed E-state index contributed by atoms with van der Waals surface area (Å²) in [5.74, 6) is -14.1. The van der Waals surface area contributed by atoms with Crippen LogP contribution in [0.1, 0.15) is 18.5 Å². The minimum atomic E-state index is -3.34. The third kappa shape index (κ3) is 4.04. The lowest BCUT2D eigenvalue weighted by molar-refractivity contribution is -0.415. The average molecular weight is 563 g/mol. The van der Waals surface area contributed by atoms with E-state index in [1.54, 1.807) is 24.3 Å². The molecule has 2 unspecified atom stereocenters. The highest BCUT2D eigenvalue weighted by Gasteiger charge is 2.77. The zero-order valence-corrected chi connectivity index (χ0v) is 20.5. The van der Waals surface area contributed by atoms with Gasteiger partial charge in [0.05, 0.1) is 6.61 Å². The first kappa shape index (κ1) is 27.4. The van der Waals surface area contributed by atoms with Crippen molar-refractivity contribution in [1.29, 1.82) is 0 Å². The molecule has 0 spiro atoms. The van der Waals surface area contributed by atoms with Crippen molar-refractivity contribution in [3.05, 3.63) is 36.0 Å². The van der Waals surface area contributed by atoms with Crippen LogP contribution >= 0.6 is 15.9 Å². The summed E-state index contributed by atoms with van der Waals surface area (Å²) in [5, 5.41) is 67.2. The van der Waals surface area contributed by atoms with Crippen molar-refractivity contribution in [3.63, 3.8) is 0 Å². The van der Waals surface area contributed by atoms with E-state index in [-0.39, 0.29) is 5.69 Å². The first-order valence-electron chi connectivity index (χ1n) is 10.3. The molecule has 7 atom stereocenters. The van der Waals surface area contributed by atoms with E-state index in [0.29, 0.717) is 10.9 Å². The Labute approximate surface area is 207 Å². The van der Waals surface area contributed by atoms with Crippen LogP contribution in [0.2, 0.25) is 0 Å². The van der Waals surface area contributed by atoms with Gasteiger partial charge in [0.15, 0.2) is 10.6 Å². The van der Waals surface area contributed by atoms with Gasteiger partial charge in [-0.05, 0) is 17.5 Å². The molecule has 13 nitrogen and oxygen atoms in total. The Balaban J connectivity index is 2.38. The number of rotatable bonds is 8. The molecule has 0 saturated carbocycles. The van der Waals surface area contributed by atoms with Gasteiger partial charge in [-0.2, -0.15) is 0 Å². The van der Waals surface area contributed by atoms with Crippen LogP contribution in [-0.4, -0.2) is 102 Å². The number of amides is 1. The summed E-state index contributed by atoms with van der Waals surface area (Å²) in [6.07, 6.45) is -4.45. The van der Waals surface area contributed by atoms with Crippen molar-refractivity contribution in [2.24, 2.45) is 0 Å². The van der Waals surface area contributed by atoms with E-state index in [9.17, 15) is 40.2 Å². The van der Waals surface area contributed by atoms with Crippen molar-refractivity contribution in [1.82, 2.24) is 10.3 Å². The Hall–Kier alpha value is -2.14. The summed E-state index contributed by atoms with van der Waals surface area (Å²) in [6.45, 7) is -0.0733. The fraction of sp³-hybridized carbons (Fsp3) is 0.524. The maximum Gasteiger partial charge on any atom is 0.365 e. The number of H-pyrrole nitrogens is 1. The van der Waals surface area contributed by atoms with Crippen LogP contribution in [0.25, 0.3) is 10.9 Å². The van der Waals surface area contributed by atoms with Crippen LogP contribution in [0, 0.1) is 0 Å². The number of carboxylic acid groups (broad SMARTS) is 1. The van der Waals surface area contributed by atoms with Gasteiger partial charge >= 0.3 is 5.97 Å². The molecule has 14 heteroatoms. The number of fused-ring (bicyclic) bond motifs is 1. The first-order valence-corrected chi connectivity index (χ1v) is 11.1. The van der Waals surface area contributed by atoms with Crippen molar-refractivity contribution in [2.45, 2.75) is 46.9 Å². The Kier molecular flexibility index (Phi) is 7.36. The number of methoxy groups -OCH3 is 2. The van der Waals surface area contributed by atoms with Gasteiger partial charge in [-0.15, -0.1) is 0 Å². The maximum atomic E-state index is 12.4. The van der Waals surface area contributed by atoms with Crippen LogP contribution in [0.3, 0.4) is 0 Å². The average Bonchev–Trinajstić information content (AvgIpc) is 3.23. The number of ether oxygens (including phenoxy) is 3. The van der Waals surface area contributed by atoms with E-state index in [4.69, 9.17) is 14.2 Å². The molecule has 1 aliphatic heterocycles. The standard InChI is InChI=1S/C21H27BrN2O11/c1-10(26)24-20(22)16(18(30,33-2)14(27)9-25)35-19(31,17(28)29)15(21(20,32)34-3)13-8-11-6-4-5-7-12(11)23-13/h4-8,14-16,23,25,27,30-32H,9H2,1-3H3,(H,24,26)(H,28,29)/t14-,15?,16+,18+,19?,20+,21-/m1/s1. The molecule has 1 aromatic carbocycles. The minimum Gasteiger partial charge on any atom is -0.477 e. The Bertz CT molecular complexity index is 1080. The van der Waals surface area contributed by atoms with E-state index < -0.39 is 58.4 Å². The zero-order valence-electron chi connectivity index (χ0n) is 18.9. The molecule has 1 aromatic heterocycles. The number of carbonyl (C=O) groups excluding carboxylic acids is 1. The Morgan fingerprint density at radius 1 is 1.31 bits per heavy atom. The molecular formula is C21H27BrN2O11. The minimum absolute atomic E-state index is 0.0725.